The van der Waals surface area contributed by atoms with Crippen molar-refractivity contribution in [2.24, 2.45) is 5.92 Å². The summed E-state index contributed by atoms with van der Waals surface area (Å²) in [6, 6.07) is 13.0. The van der Waals surface area contributed by atoms with E-state index < -0.39 is 0 Å². The second kappa shape index (κ2) is 11.2. The van der Waals surface area contributed by atoms with E-state index in [1.54, 1.807) is 6.07 Å². The number of carbonyl (C=O) groups is 3. The maximum Gasteiger partial charge on any atom is 0.268 e. The Morgan fingerprint density at radius 3 is 2.66 bits per heavy atom. The lowest BCUT2D eigenvalue weighted by molar-refractivity contribution is -0.111. The summed E-state index contributed by atoms with van der Waals surface area (Å²) in [4.78, 5) is 40.0. The van der Waals surface area contributed by atoms with Gasteiger partial charge in [-0.2, -0.15) is 0 Å². The molecule has 0 radical (unpaired) electrons. The van der Waals surface area contributed by atoms with Crippen LogP contribution in [0, 0.1) is 5.92 Å². The zero-order valence-corrected chi connectivity index (χ0v) is 21.9. The minimum atomic E-state index is -0.279. The molecule has 0 aliphatic carbocycles. The van der Waals surface area contributed by atoms with Crippen LogP contribution in [0.4, 0.5) is 11.4 Å². The number of nitrogens with one attached hydrogen (secondary N) is 3. The normalized spacial score (nSPS) is 16.1. The van der Waals surface area contributed by atoms with Gasteiger partial charge in [-0.1, -0.05) is 25.6 Å². The Morgan fingerprint density at radius 1 is 1.08 bits per heavy atom. The summed E-state index contributed by atoms with van der Waals surface area (Å²) in [6.07, 6.45) is 5.59. The third kappa shape index (κ3) is 5.50. The van der Waals surface area contributed by atoms with Gasteiger partial charge in [-0.15, -0.1) is 0 Å². The van der Waals surface area contributed by atoms with Crippen LogP contribution in [0.5, 0.6) is 0 Å². The smallest absolute Gasteiger partial charge is 0.268 e. The van der Waals surface area contributed by atoms with Crippen LogP contribution in [0.1, 0.15) is 52.6 Å². The van der Waals surface area contributed by atoms with Crippen LogP contribution < -0.4 is 16.0 Å². The van der Waals surface area contributed by atoms with E-state index in [4.69, 9.17) is 0 Å². The zero-order chi connectivity index (χ0) is 26.6. The number of anilines is 2. The van der Waals surface area contributed by atoms with Gasteiger partial charge < -0.3 is 25.4 Å². The summed E-state index contributed by atoms with van der Waals surface area (Å²) in [7, 11) is 0. The number of piperidine rings is 1. The monoisotopic (exact) mass is 513 g/mol. The predicted molar refractivity (Wildman–Crippen MR) is 151 cm³/mol. The number of benzene rings is 2. The van der Waals surface area contributed by atoms with E-state index >= 15 is 0 Å². The molecule has 1 aromatic heterocycles. The molecular weight excluding hydrogens is 478 g/mol. The number of nitrogens with zero attached hydrogens (tertiary/aromatic N) is 2. The molecule has 198 valence electrons. The van der Waals surface area contributed by atoms with E-state index in [9.17, 15) is 14.4 Å². The number of aromatic nitrogens is 1. The van der Waals surface area contributed by atoms with Crippen molar-refractivity contribution in [1.29, 1.82) is 0 Å². The molecule has 3 amide bonds. The van der Waals surface area contributed by atoms with Crippen LogP contribution >= 0.6 is 0 Å². The van der Waals surface area contributed by atoms with Crippen molar-refractivity contribution in [3.8, 4) is 0 Å². The summed E-state index contributed by atoms with van der Waals surface area (Å²) in [6.45, 7) is 10.4. The van der Waals surface area contributed by atoms with Crippen molar-refractivity contribution in [1.82, 2.24) is 14.8 Å². The van der Waals surface area contributed by atoms with E-state index in [0.29, 0.717) is 41.6 Å². The van der Waals surface area contributed by atoms with Crippen LogP contribution in [0.3, 0.4) is 0 Å². The molecule has 5 rings (SSSR count). The highest BCUT2D eigenvalue weighted by Gasteiger charge is 2.21. The molecule has 0 spiro atoms. The molecule has 3 N–H and O–H groups in total. The summed E-state index contributed by atoms with van der Waals surface area (Å²) in [5.74, 6) is 0.0533. The molecule has 8 heteroatoms. The van der Waals surface area contributed by atoms with E-state index in [0.717, 1.165) is 48.9 Å². The van der Waals surface area contributed by atoms with Crippen LogP contribution in [0.15, 0.2) is 55.1 Å². The molecule has 2 aliphatic rings. The predicted octanol–water partition coefficient (Wildman–Crippen LogP) is 4.43. The minimum Gasteiger partial charge on any atom is -0.349 e. The number of hydrogen-bond acceptors (Lipinski definition) is 4. The fourth-order valence-corrected chi connectivity index (χ4v) is 5.52. The molecule has 3 heterocycles. The van der Waals surface area contributed by atoms with Crippen molar-refractivity contribution in [3.05, 3.63) is 71.9 Å². The number of hydrogen-bond donors (Lipinski definition) is 3. The fraction of sp³-hybridized carbons (Fsp3) is 0.367. The van der Waals surface area contributed by atoms with Crippen LogP contribution in [0.2, 0.25) is 0 Å². The molecule has 1 fully saturated rings. The largest absolute Gasteiger partial charge is 0.349 e. The van der Waals surface area contributed by atoms with Gasteiger partial charge in [0, 0.05) is 40.9 Å². The van der Waals surface area contributed by atoms with Crippen molar-refractivity contribution >= 4 is 40.0 Å². The average Bonchev–Trinajstić information content (AvgIpc) is 3.32. The number of likely N-dealkylation sites (tertiary alicyclic amines) is 1. The molecule has 0 atom stereocenters. The van der Waals surface area contributed by atoms with Gasteiger partial charge in [0.15, 0.2) is 0 Å². The Kier molecular flexibility index (Phi) is 7.60. The van der Waals surface area contributed by atoms with Gasteiger partial charge in [-0.05, 0) is 93.2 Å². The van der Waals surface area contributed by atoms with Crippen LogP contribution in [-0.4, -0.2) is 53.4 Å². The van der Waals surface area contributed by atoms with Crippen molar-refractivity contribution in [3.63, 3.8) is 0 Å². The third-order valence-corrected chi connectivity index (χ3v) is 7.81. The van der Waals surface area contributed by atoms with Gasteiger partial charge in [0.25, 0.3) is 11.8 Å². The molecule has 1 saturated heterocycles. The molecule has 3 aromatic rings. The summed E-state index contributed by atoms with van der Waals surface area (Å²) < 4.78 is 1.95. The van der Waals surface area contributed by atoms with Gasteiger partial charge in [-0.25, -0.2) is 0 Å². The Bertz CT molecular complexity index is 1380. The van der Waals surface area contributed by atoms with Gasteiger partial charge in [0.1, 0.15) is 5.69 Å². The molecule has 8 nitrogen and oxygen atoms in total. The van der Waals surface area contributed by atoms with Gasteiger partial charge in [-0.3, -0.25) is 14.4 Å². The van der Waals surface area contributed by atoms with E-state index in [-0.39, 0.29) is 17.7 Å². The first-order valence-corrected chi connectivity index (χ1v) is 13.5. The number of amides is 3. The van der Waals surface area contributed by atoms with E-state index in [1.807, 2.05) is 41.0 Å². The Morgan fingerprint density at radius 2 is 1.89 bits per heavy atom. The van der Waals surface area contributed by atoms with Crippen molar-refractivity contribution < 1.29 is 14.4 Å². The highest BCUT2D eigenvalue weighted by molar-refractivity contribution is 6.08. The molecule has 0 unspecified atom stereocenters. The van der Waals surface area contributed by atoms with Crippen molar-refractivity contribution in [2.45, 2.75) is 39.2 Å². The first kappa shape index (κ1) is 25.7. The lowest BCUT2D eigenvalue weighted by Crippen LogP contribution is -2.34. The first-order chi connectivity index (χ1) is 18.4. The lowest BCUT2D eigenvalue weighted by Gasteiger charge is -2.31. The SMILES string of the molecule is C=CC(=O)Nc1cc(NC(=O)c2ccc3cc4n(c3c2)CCNC4=O)ccc1CCC1CCN(CC)CC1. The standard InChI is InChI=1S/C30H35N5O3/c1-3-28(36)33-25-19-24(10-9-21(25)6-5-20-11-14-34(4-2)15-12-20)32-29(37)23-8-7-22-17-27-30(38)31-13-16-35(27)26(22)18-23/h3,7-10,17-20H,1,4-6,11-16H2,2H3,(H,31,38)(H,32,37)(H,33,36). The molecule has 0 bridgehead atoms. The topological polar surface area (TPSA) is 95.5 Å². The molecule has 0 saturated carbocycles. The Labute approximate surface area is 223 Å². The highest BCUT2D eigenvalue weighted by Crippen LogP contribution is 2.28. The quantitative estimate of drug-likeness (QED) is 0.389. The molecule has 2 aromatic carbocycles. The van der Waals surface area contributed by atoms with E-state index in [1.165, 1.54) is 18.9 Å². The summed E-state index contributed by atoms with van der Waals surface area (Å²) in [5, 5.41) is 9.66. The fourth-order valence-electron chi connectivity index (χ4n) is 5.52. The second-order valence-corrected chi connectivity index (χ2v) is 10.1. The number of carbonyl (C=O) groups excluding carboxylic acids is 3. The van der Waals surface area contributed by atoms with Crippen LogP contribution in [0.25, 0.3) is 10.9 Å². The van der Waals surface area contributed by atoms with Gasteiger partial charge in [0.05, 0.1) is 0 Å². The molecule has 38 heavy (non-hydrogen) atoms. The zero-order valence-electron chi connectivity index (χ0n) is 21.9. The lowest BCUT2D eigenvalue weighted by atomic mass is 9.90. The third-order valence-electron chi connectivity index (χ3n) is 7.81. The molecule has 2 aliphatic heterocycles. The maximum atomic E-state index is 13.2. The average molecular weight is 514 g/mol. The van der Waals surface area contributed by atoms with E-state index in [2.05, 4.69) is 34.4 Å². The second-order valence-electron chi connectivity index (χ2n) is 10.1. The number of rotatable bonds is 8. The highest BCUT2D eigenvalue weighted by atomic mass is 16.2. The number of fused-ring (bicyclic) bond motifs is 3. The molecular formula is C30H35N5O3. The number of aryl methyl sites for hydroxylation is 1. The van der Waals surface area contributed by atoms with Crippen molar-refractivity contribution in [2.75, 3.05) is 36.8 Å². The summed E-state index contributed by atoms with van der Waals surface area (Å²) in [5.41, 5.74) is 4.32. The first-order valence-electron chi connectivity index (χ1n) is 13.5. The van der Waals surface area contributed by atoms with Crippen LogP contribution in [-0.2, 0) is 17.8 Å². The van der Waals surface area contributed by atoms with Gasteiger partial charge >= 0.3 is 0 Å². The maximum absolute atomic E-state index is 13.2. The Hall–Kier alpha value is -3.91. The summed E-state index contributed by atoms with van der Waals surface area (Å²) >= 11 is 0. The van der Waals surface area contributed by atoms with Gasteiger partial charge in [0.2, 0.25) is 5.91 Å². The minimum absolute atomic E-state index is 0.0981. The Balaban J connectivity index is 1.31.